The molecule has 0 aliphatic heterocycles. The first-order valence-electron chi connectivity index (χ1n) is 9.71. The highest BCUT2D eigenvalue weighted by Crippen LogP contribution is 2.28. The zero-order valence-electron chi connectivity index (χ0n) is 17.0. The topological polar surface area (TPSA) is 116 Å². The van der Waals surface area contributed by atoms with Crippen LogP contribution in [0.3, 0.4) is 0 Å². The van der Waals surface area contributed by atoms with Crippen molar-refractivity contribution >= 4 is 34.3 Å². The number of anilines is 3. The van der Waals surface area contributed by atoms with Gasteiger partial charge >= 0.3 is 5.97 Å². The number of H-pyrrole nitrogens is 1. The Balaban J connectivity index is 1.45. The molecular formula is C22H21FN6O2. The van der Waals surface area contributed by atoms with Crippen molar-refractivity contribution in [2.75, 3.05) is 17.2 Å². The summed E-state index contributed by atoms with van der Waals surface area (Å²) >= 11 is 0. The smallest absolute Gasteiger partial charge is 0.335 e. The molecule has 0 aliphatic rings. The number of carboxylic acids is 1. The number of aromatic amines is 1. The second-order valence-electron chi connectivity index (χ2n) is 7.17. The summed E-state index contributed by atoms with van der Waals surface area (Å²) in [6.07, 6.45) is 3.51. The van der Waals surface area contributed by atoms with Crippen molar-refractivity contribution in [3.8, 4) is 0 Å². The van der Waals surface area contributed by atoms with Crippen molar-refractivity contribution in [1.82, 2.24) is 19.9 Å². The number of pyridine rings is 1. The Morgan fingerprint density at radius 2 is 1.87 bits per heavy atom. The maximum absolute atomic E-state index is 14.1. The molecule has 4 rings (SSSR count). The van der Waals surface area contributed by atoms with Crippen LogP contribution >= 0.6 is 0 Å². The molecule has 3 heterocycles. The largest absolute Gasteiger partial charge is 0.478 e. The standard InChI is InChI=1S/C22H21FN6O2/c1-12-3-4-16(23)21-20(12)15(13(2)28-21)6-8-24-17-10-19(27-11-26-17)29-18-9-14(22(30)31)5-7-25-18/h3-5,7,9-11,28H,6,8H2,1-2H3,(H,30,31)(H2,24,25,26,27,29). The first-order chi connectivity index (χ1) is 14.9. The molecule has 0 amide bonds. The van der Waals surface area contributed by atoms with Crippen molar-refractivity contribution in [1.29, 1.82) is 0 Å². The minimum Gasteiger partial charge on any atom is -0.478 e. The van der Waals surface area contributed by atoms with Gasteiger partial charge in [-0.25, -0.2) is 24.1 Å². The average Bonchev–Trinajstić information content (AvgIpc) is 3.09. The van der Waals surface area contributed by atoms with Gasteiger partial charge in [0.2, 0.25) is 0 Å². The van der Waals surface area contributed by atoms with E-state index in [-0.39, 0.29) is 11.4 Å². The molecule has 31 heavy (non-hydrogen) atoms. The Bertz CT molecular complexity index is 1270. The summed E-state index contributed by atoms with van der Waals surface area (Å²) in [7, 11) is 0. The Kier molecular flexibility index (Phi) is 5.48. The lowest BCUT2D eigenvalue weighted by atomic mass is 10.0. The van der Waals surface area contributed by atoms with E-state index in [1.165, 1.54) is 30.7 Å². The normalized spacial score (nSPS) is 10.9. The number of rotatable bonds is 7. The molecule has 0 aliphatic carbocycles. The van der Waals surface area contributed by atoms with E-state index < -0.39 is 5.97 Å². The number of hydrogen-bond acceptors (Lipinski definition) is 6. The number of aromatic nitrogens is 4. The van der Waals surface area contributed by atoms with Crippen molar-refractivity contribution < 1.29 is 14.3 Å². The molecule has 8 nitrogen and oxygen atoms in total. The fourth-order valence-electron chi connectivity index (χ4n) is 3.56. The fourth-order valence-corrected chi connectivity index (χ4v) is 3.56. The van der Waals surface area contributed by atoms with Gasteiger partial charge in [-0.2, -0.15) is 0 Å². The third-order valence-corrected chi connectivity index (χ3v) is 5.04. The molecule has 3 aromatic heterocycles. The van der Waals surface area contributed by atoms with E-state index in [4.69, 9.17) is 5.11 Å². The van der Waals surface area contributed by atoms with E-state index >= 15 is 0 Å². The van der Waals surface area contributed by atoms with Crippen LogP contribution in [-0.2, 0) is 6.42 Å². The quantitative estimate of drug-likeness (QED) is 0.354. The van der Waals surface area contributed by atoms with Gasteiger partial charge in [0.15, 0.2) is 0 Å². The van der Waals surface area contributed by atoms with Crippen LogP contribution in [0.15, 0.2) is 42.9 Å². The van der Waals surface area contributed by atoms with Gasteiger partial charge in [-0.05, 0) is 49.6 Å². The van der Waals surface area contributed by atoms with Gasteiger partial charge in [-0.1, -0.05) is 6.07 Å². The molecule has 0 atom stereocenters. The van der Waals surface area contributed by atoms with Crippen LogP contribution < -0.4 is 10.6 Å². The molecule has 0 bridgehead atoms. The molecule has 0 spiro atoms. The van der Waals surface area contributed by atoms with Crippen molar-refractivity contribution in [2.45, 2.75) is 20.3 Å². The highest BCUT2D eigenvalue weighted by Gasteiger charge is 2.14. The number of aryl methyl sites for hydroxylation is 2. The molecule has 0 fully saturated rings. The first kappa shape index (κ1) is 20.3. The summed E-state index contributed by atoms with van der Waals surface area (Å²) < 4.78 is 14.1. The Labute approximate surface area is 177 Å². The summed E-state index contributed by atoms with van der Waals surface area (Å²) in [5, 5.41) is 16.3. The number of carboxylic acid groups (broad SMARTS) is 1. The number of halogens is 1. The second-order valence-corrected chi connectivity index (χ2v) is 7.17. The SMILES string of the molecule is Cc1[nH]c2c(F)ccc(C)c2c1CCNc1cc(Nc2cc(C(=O)O)ccn2)ncn1. The number of fused-ring (bicyclic) bond motifs is 1. The molecular weight excluding hydrogens is 399 g/mol. The lowest BCUT2D eigenvalue weighted by Gasteiger charge is -2.09. The average molecular weight is 420 g/mol. The minimum absolute atomic E-state index is 0.130. The summed E-state index contributed by atoms with van der Waals surface area (Å²) in [5.74, 6) is 0.172. The summed E-state index contributed by atoms with van der Waals surface area (Å²) in [6.45, 7) is 4.51. The predicted molar refractivity (Wildman–Crippen MR) is 116 cm³/mol. The highest BCUT2D eigenvalue weighted by atomic mass is 19.1. The number of aromatic carboxylic acids is 1. The van der Waals surface area contributed by atoms with Gasteiger partial charge in [0.25, 0.3) is 0 Å². The molecule has 0 radical (unpaired) electrons. The maximum atomic E-state index is 14.1. The van der Waals surface area contributed by atoms with Gasteiger partial charge in [-0.3, -0.25) is 0 Å². The van der Waals surface area contributed by atoms with Gasteiger partial charge in [0.05, 0.1) is 11.1 Å². The van der Waals surface area contributed by atoms with Crippen molar-refractivity contribution in [3.63, 3.8) is 0 Å². The van der Waals surface area contributed by atoms with Gasteiger partial charge in [-0.15, -0.1) is 0 Å². The number of benzene rings is 1. The Hall–Kier alpha value is -4.01. The Morgan fingerprint density at radius 3 is 2.68 bits per heavy atom. The zero-order chi connectivity index (χ0) is 22.0. The maximum Gasteiger partial charge on any atom is 0.335 e. The third kappa shape index (κ3) is 4.30. The molecule has 4 aromatic rings. The molecule has 0 saturated heterocycles. The zero-order valence-corrected chi connectivity index (χ0v) is 17.0. The van der Waals surface area contributed by atoms with E-state index in [1.807, 2.05) is 13.8 Å². The fraction of sp³-hybridized carbons (Fsp3) is 0.182. The van der Waals surface area contributed by atoms with Crippen molar-refractivity contribution in [2.24, 2.45) is 0 Å². The molecule has 9 heteroatoms. The second kappa shape index (κ2) is 8.39. The van der Waals surface area contributed by atoms with E-state index in [0.29, 0.717) is 35.9 Å². The monoisotopic (exact) mass is 420 g/mol. The molecule has 4 N–H and O–H groups in total. The van der Waals surface area contributed by atoms with E-state index in [2.05, 4.69) is 30.6 Å². The van der Waals surface area contributed by atoms with Gasteiger partial charge in [0.1, 0.15) is 29.6 Å². The lowest BCUT2D eigenvalue weighted by molar-refractivity contribution is 0.0697. The van der Waals surface area contributed by atoms with Crippen molar-refractivity contribution in [3.05, 3.63) is 71.1 Å². The summed E-state index contributed by atoms with van der Waals surface area (Å²) in [4.78, 5) is 26.7. The van der Waals surface area contributed by atoms with E-state index in [1.54, 1.807) is 12.1 Å². The third-order valence-electron chi connectivity index (χ3n) is 5.04. The molecule has 158 valence electrons. The summed E-state index contributed by atoms with van der Waals surface area (Å²) in [5.41, 5.74) is 3.71. The van der Waals surface area contributed by atoms with Crippen LogP contribution in [0.2, 0.25) is 0 Å². The van der Waals surface area contributed by atoms with E-state index in [0.717, 1.165) is 22.2 Å². The van der Waals surface area contributed by atoms with Crippen LogP contribution in [0.25, 0.3) is 10.9 Å². The number of carbonyl (C=O) groups is 1. The van der Waals surface area contributed by atoms with Gasteiger partial charge < -0.3 is 20.7 Å². The lowest BCUT2D eigenvalue weighted by Crippen LogP contribution is -2.08. The van der Waals surface area contributed by atoms with Crippen LogP contribution in [0.4, 0.5) is 21.8 Å². The van der Waals surface area contributed by atoms with Crippen LogP contribution in [0, 0.1) is 19.7 Å². The van der Waals surface area contributed by atoms with Crippen LogP contribution in [0.5, 0.6) is 0 Å². The van der Waals surface area contributed by atoms with Crippen LogP contribution in [0.1, 0.15) is 27.2 Å². The van der Waals surface area contributed by atoms with Crippen LogP contribution in [-0.4, -0.2) is 37.6 Å². The Morgan fingerprint density at radius 1 is 1.10 bits per heavy atom. The number of hydrogen-bond donors (Lipinski definition) is 4. The van der Waals surface area contributed by atoms with E-state index in [9.17, 15) is 9.18 Å². The minimum atomic E-state index is -1.03. The number of nitrogens with zero attached hydrogens (tertiary/aromatic N) is 3. The molecule has 1 aromatic carbocycles. The highest BCUT2D eigenvalue weighted by molar-refractivity contribution is 5.89. The predicted octanol–water partition coefficient (Wildman–Crippen LogP) is 4.21. The summed E-state index contributed by atoms with van der Waals surface area (Å²) in [6, 6.07) is 7.82. The van der Waals surface area contributed by atoms with Gasteiger partial charge in [0, 0.05) is 29.9 Å². The number of nitrogens with one attached hydrogen (secondary N) is 3. The molecule has 0 saturated carbocycles. The molecule has 0 unspecified atom stereocenters. The first-order valence-corrected chi connectivity index (χ1v) is 9.71.